The molecule has 0 aliphatic heterocycles. The summed E-state index contributed by atoms with van der Waals surface area (Å²) in [6.07, 6.45) is 1.80. The molecule has 0 saturated heterocycles. The third-order valence-electron chi connectivity index (χ3n) is 4.84. The van der Waals surface area contributed by atoms with Gasteiger partial charge in [0.05, 0.1) is 18.8 Å². The highest BCUT2D eigenvalue weighted by Gasteiger charge is 2.11. The molecule has 0 radical (unpaired) electrons. The number of aromatic nitrogens is 4. The molecule has 0 fully saturated rings. The van der Waals surface area contributed by atoms with Crippen molar-refractivity contribution in [2.75, 3.05) is 0 Å². The van der Waals surface area contributed by atoms with Gasteiger partial charge in [0.1, 0.15) is 11.5 Å². The first-order valence-corrected chi connectivity index (χ1v) is 10.1. The van der Waals surface area contributed by atoms with Crippen molar-refractivity contribution in [2.45, 2.75) is 20.0 Å². The van der Waals surface area contributed by atoms with Crippen LogP contribution in [-0.4, -0.2) is 25.9 Å². The fourth-order valence-electron chi connectivity index (χ4n) is 3.18. The Kier molecular flexibility index (Phi) is 6.01. The number of halogens is 2. The third kappa shape index (κ3) is 4.68. The second-order valence-corrected chi connectivity index (χ2v) is 7.63. The zero-order valence-electron chi connectivity index (χ0n) is 17.1. The first-order valence-electron chi connectivity index (χ1n) is 9.71. The number of aromatic amines is 1. The molecule has 4 aromatic rings. The number of amides is 1. The fourth-order valence-corrected chi connectivity index (χ4v) is 3.40. The molecule has 0 aliphatic rings. The first-order chi connectivity index (χ1) is 15.4. The number of hydrogen-bond acceptors (Lipinski definition) is 3. The summed E-state index contributed by atoms with van der Waals surface area (Å²) in [6.45, 7) is 9.31. The molecule has 0 spiro atoms. The van der Waals surface area contributed by atoms with E-state index in [-0.39, 0.29) is 18.1 Å². The van der Waals surface area contributed by atoms with E-state index in [1.165, 1.54) is 6.07 Å². The first kappa shape index (κ1) is 21.3. The summed E-state index contributed by atoms with van der Waals surface area (Å²) < 4.78 is 16.3. The van der Waals surface area contributed by atoms with Crippen molar-refractivity contribution in [1.29, 1.82) is 0 Å². The second kappa shape index (κ2) is 9.04. The molecule has 0 atom stereocenters. The average Bonchev–Trinajstić information content (AvgIpc) is 3.42. The van der Waals surface area contributed by atoms with Gasteiger partial charge in [0.25, 0.3) is 5.91 Å². The molecule has 0 aliphatic carbocycles. The van der Waals surface area contributed by atoms with Crippen molar-refractivity contribution in [3.8, 4) is 11.3 Å². The average molecular weight is 449 g/mol. The quantitative estimate of drug-likeness (QED) is 0.411. The standard InChI is InChI=1S/C23H18ClFN6O/c1-14-9-22(29-28-14)23(32)27-12-17-4-3-15(10-19(17)25)13-31-8-7-20(30-31)16-5-6-21(26-2)18(24)11-16/h3-11H,12-13H2,1H3,(H,27,32)(H,28,29). The van der Waals surface area contributed by atoms with E-state index < -0.39 is 5.82 Å². The lowest BCUT2D eigenvalue weighted by Crippen LogP contribution is -2.23. The zero-order valence-corrected chi connectivity index (χ0v) is 17.8. The molecule has 4 rings (SSSR count). The molecule has 9 heteroatoms. The Morgan fingerprint density at radius 3 is 2.78 bits per heavy atom. The van der Waals surface area contributed by atoms with Gasteiger partial charge in [0, 0.05) is 34.6 Å². The molecule has 2 N–H and O–H groups in total. The van der Waals surface area contributed by atoms with E-state index >= 15 is 0 Å². The van der Waals surface area contributed by atoms with Crippen molar-refractivity contribution >= 4 is 23.2 Å². The predicted octanol–water partition coefficient (Wildman–Crippen LogP) is 4.90. The Labute approximate surface area is 188 Å². The van der Waals surface area contributed by atoms with Gasteiger partial charge in [-0.1, -0.05) is 35.9 Å². The summed E-state index contributed by atoms with van der Waals surface area (Å²) in [6, 6.07) is 13.5. The maximum atomic E-state index is 14.6. The fraction of sp³-hybridized carbons (Fsp3) is 0.130. The highest BCUT2D eigenvalue weighted by Crippen LogP contribution is 2.29. The normalized spacial score (nSPS) is 10.7. The molecule has 2 aromatic heterocycles. The Balaban J connectivity index is 1.41. The van der Waals surface area contributed by atoms with Crippen molar-refractivity contribution < 1.29 is 9.18 Å². The molecule has 160 valence electrons. The van der Waals surface area contributed by atoms with Crippen molar-refractivity contribution in [1.82, 2.24) is 25.3 Å². The van der Waals surface area contributed by atoms with Gasteiger partial charge in [-0.05, 0) is 36.8 Å². The van der Waals surface area contributed by atoms with E-state index in [2.05, 4.69) is 25.5 Å². The maximum absolute atomic E-state index is 14.6. The summed E-state index contributed by atoms with van der Waals surface area (Å²) >= 11 is 6.11. The number of nitrogens with zero attached hydrogens (tertiary/aromatic N) is 4. The van der Waals surface area contributed by atoms with Gasteiger partial charge in [0.2, 0.25) is 5.69 Å². The number of carbonyl (C=O) groups is 1. The van der Waals surface area contributed by atoms with Crippen LogP contribution in [0.5, 0.6) is 0 Å². The lowest BCUT2D eigenvalue weighted by atomic mass is 10.1. The van der Waals surface area contributed by atoms with Gasteiger partial charge in [-0.15, -0.1) is 0 Å². The summed E-state index contributed by atoms with van der Waals surface area (Å²) in [7, 11) is 0. The molecular formula is C23H18ClFN6O. The molecule has 2 heterocycles. The predicted molar refractivity (Wildman–Crippen MR) is 119 cm³/mol. The van der Waals surface area contributed by atoms with Crippen LogP contribution < -0.4 is 5.32 Å². The topological polar surface area (TPSA) is 80.0 Å². The number of nitrogens with one attached hydrogen (secondary N) is 2. The number of H-pyrrole nitrogens is 1. The van der Waals surface area contributed by atoms with Crippen molar-refractivity contribution in [2.24, 2.45) is 0 Å². The molecule has 0 unspecified atom stereocenters. The van der Waals surface area contributed by atoms with Crippen LogP contribution >= 0.6 is 11.6 Å². The van der Waals surface area contributed by atoms with Crippen LogP contribution in [0.15, 0.2) is 54.7 Å². The van der Waals surface area contributed by atoms with E-state index in [4.69, 9.17) is 18.2 Å². The van der Waals surface area contributed by atoms with E-state index in [1.54, 1.807) is 54.2 Å². The van der Waals surface area contributed by atoms with Crippen molar-refractivity contribution in [3.63, 3.8) is 0 Å². The van der Waals surface area contributed by atoms with Gasteiger partial charge in [-0.2, -0.15) is 10.2 Å². The van der Waals surface area contributed by atoms with Crippen LogP contribution in [0.2, 0.25) is 5.02 Å². The van der Waals surface area contributed by atoms with Gasteiger partial charge in [-0.25, -0.2) is 9.24 Å². The maximum Gasteiger partial charge on any atom is 0.272 e. The smallest absolute Gasteiger partial charge is 0.272 e. The highest BCUT2D eigenvalue weighted by molar-refractivity contribution is 6.33. The second-order valence-electron chi connectivity index (χ2n) is 7.22. The van der Waals surface area contributed by atoms with Gasteiger partial charge < -0.3 is 5.32 Å². The molecular weight excluding hydrogens is 431 g/mol. The number of rotatable bonds is 6. The van der Waals surface area contributed by atoms with Crippen LogP contribution in [0.25, 0.3) is 16.1 Å². The molecule has 32 heavy (non-hydrogen) atoms. The highest BCUT2D eigenvalue weighted by atomic mass is 35.5. The van der Waals surface area contributed by atoms with Crippen LogP contribution in [-0.2, 0) is 13.1 Å². The van der Waals surface area contributed by atoms with E-state index in [9.17, 15) is 9.18 Å². The van der Waals surface area contributed by atoms with Gasteiger partial charge in [-0.3, -0.25) is 14.6 Å². The Hall–Kier alpha value is -3.96. The summed E-state index contributed by atoms with van der Waals surface area (Å²) in [4.78, 5) is 15.4. The van der Waals surface area contributed by atoms with E-state index in [1.807, 2.05) is 6.07 Å². The number of carbonyl (C=O) groups excluding carboxylic acids is 1. The lowest BCUT2D eigenvalue weighted by Gasteiger charge is -2.08. The third-order valence-corrected chi connectivity index (χ3v) is 5.15. The Morgan fingerprint density at radius 2 is 2.09 bits per heavy atom. The zero-order chi connectivity index (χ0) is 22.7. The van der Waals surface area contributed by atoms with Crippen molar-refractivity contribution in [3.05, 3.63) is 99.5 Å². The minimum absolute atomic E-state index is 0.0597. The van der Waals surface area contributed by atoms with Gasteiger partial charge >= 0.3 is 0 Å². The van der Waals surface area contributed by atoms with E-state index in [0.29, 0.717) is 28.5 Å². The minimum Gasteiger partial charge on any atom is -0.346 e. The SMILES string of the molecule is [C-]#[N+]c1ccc(-c2ccn(Cc3ccc(CNC(=O)c4cc(C)[nH]n4)c(F)c3)n2)cc1Cl. The summed E-state index contributed by atoms with van der Waals surface area (Å²) in [5.74, 6) is -0.777. The molecule has 1 amide bonds. The van der Waals surface area contributed by atoms with Crippen LogP contribution in [0.3, 0.4) is 0 Å². The molecule has 2 aromatic carbocycles. The van der Waals surface area contributed by atoms with E-state index in [0.717, 1.165) is 16.8 Å². The number of aryl methyl sites for hydroxylation is 1. The van der Waals surface area contributed by atoms with Gasteiger partial charge in [0.15, 0.2) is 0 Å². The molecule has 7 nitrogen and oxygen atoms in total. The Bertz CT molecular complexity index is 1340. The van der Waals surface area contributed by atoms with Crippen LogP contribution in [0.1, 0.15) is 27.3 Å². The summed E-state index contributed by atoms with van der Waals surface area (Å²) in [5.41, 5.74) is 4.04. The molecule has 0 bridgehead atoms. The Morgan fingerprint density at radius 1 is 1.25 bits per heavy atom. The lowest BCUT2D eigenvalue weighted by molar-refractivity contribution is 0.0945. The van der Waals surface area contributed by atoms with Crippen LogP contribution in [0, 0.1) is 19.3 Å². The molecule has 0 saturated carbocycles. The van der Waals surface area contributed by atoms with Crippen LogP contribution in [0.4, 0.5) is 10.1 Å². The monoisotopic (exact) mass is 448 g/mol. The number of hydrogen-bond donors (Lipinski definition) is 2. The largest absolute Gasteiger partial charge is 0.346 e. The minimum atomic E-state index is -0.407. The number of benzene rings is 2. The summed E-state index contributed by atoms with van der Waals surface area (Å²) in [5, 5.41) is 14.1.